The van der Waals surface area contributed by atoms with Crippen LogP contribution in [-0.2, 0) is 4.79 Å². The molecule has 0 aliphatic carbocycles. The van der Waals surface area contributed by atoms with Gasteiger partial charge in [-0.15, -0.1) is 10.2 Å². The lowest BCUT2D eigenvalue weighted by atomic mass is 10.3. The van der Waals surface area contributed by atoms with Gasteiger partial charge in [0.05, 0.1) is 27.2 Å². The smallest absolute Gasteiger partial charge is 0.237 e. The van der Waals surface area contributed by atoms with E-state index in [1.807, 2.05) is 0 Å². The summed E-state index contributed by atoms with van der Waals surface area (Å²) in [5, 5.41) is 11.3. The third kappa shape index (κ3) is 3.76. The van der Waals surface area contributed by atoms with E-state index in [0.29, 0.717) is 32.5 Å². The number of nitrogens with zero attached hydrogens (tertiary/aromatic N) is 3. The average molecular weight is 398 g/mol. The zero-order valence-electron chi connectivity index (χ0n) is 12.9. The molecule has 0 aliphatic heterocycles. The molecule has 3 N–H and O–H groups in total. The van der Waals surface area contributed by atoms with E-state index in [9.17, 15) is 4.79 Å². The number of hydrogen-bond donors (Lipinski definition) is 2. The lowest BCUT2D eigenvalue weighted by Gasteiger charge is -2.13. The van der Waals surface area contributed by atoms with Crippen LogP contribution in [0.3, 0.4) is 0 Å². The molecular formula is C15H13Cl2N5O2S. The van der Waals surface area contributed by atoms with Crippen LogP contribution in [0.2, 0.25) is 10.0 Å². The van der Waals surface area contributed by atoms with E-state index < -0.39 is 5.25 Å². The van der Waals surface area contributed by atoms with Crippen LogP contribution < -0.4 is 11.2 Å². The third-order valence-corrected chi connectivity index (χ3v) is 4.96. The number of carbonyl (C=O) groups excluding carboxylic acids is 1. The van der Waals surface area contributed by atoms with E-state index in [0.717, 1.165) is 11.8 Å². The number of benzene rings is 1. The van der Waals surface area contributed by atoms with Crippen molar-refractivity contribution in [2.24, 2.45) is 0 Å². The maximum atomic E-state index is 12.4. The second-order valence-corrected chi connectivity index (χ2v) is 7.12. The van der Waals surface area contributed by atoms with Crippen LogP contribution in [0.1, 0.15) is 6.92 Å². The minimum atomic E-state index is -0.511. The van der Waals surface area contributed by atoms with Crippen molar-refractivity contribution in [3.8, 4) is 11.6 Å². The third-order valence-electron chi connectivity index (χ3n) is 3.27. The van der Waals surface area contributed by atoms with Crippen LogP contribution in [0.5, 0.6) is 0 Å². The van der Waals surface area contributed by atoms with Crippen LogP contribution in [0, 0.1) is 0 Å². The summed E-state index contributed by atoms with van der Waals surface area (Å²) < 4.78 is 6.52. The summed E-state index contributed by atoms with van der Waals surface area (Å²) in [5.74, 6) is 6.55. The van der Waals surface area contributed by atoms with Crippen molar-refractivity contribution in [3.63, 3.8) is 0 Å². The van der Waals surface area contributed by atoms with Gasteiger partial charge < -0.3 is 15.6 Å². The Morgan fingerprint density at radius 3 is 2.64 bits per heavy atom. The number of rotatable bonds is 5. The highest BCUT2D eigenvalue weighted by Gasteiger charge is 2.22. The number of thioether (sulfide) groups is 1. The molecule has 0 fully saturated rings. The number of para-hydroxylation sites is 1. The Morgan fingerprint density at radius 1 is 1.28 bits per heavy atom. The van der Waals surface area contributed by atoms with Crippen molar-refractivity contribution < 1.29 is 9.21 Å². The highest BCUT2D eigenvalue weighted by atomic mass is 35.5. The summed E-state index contributed by atoms with van der Waals surface area (Å²) >= 11 is 13.3. The first-order chi connectivity index (χ1) is 12.0. The molecule has 3 rings (SSSR count). The van der Waals surface area contributed by atoms with Gasteiger partial charge in [-0.3, -0.25) is 4.79 Å². The Bertz CT molecular complexity index is 877. The number of amides is 1. The predicted octanol–water partition coefficient (Wildman–Crippen LogP) is 3.68. The number of nitrogen functional groups attached to an aromatic ring is 1. The van der Waals surface area contributed by atoms with Crippen LogP contribution in [0.4, 0.5) is 5.69 Å². The van der Waals surface area contributed by atoms with Crippen LogP contribution in [-0.4, -0.2) is 26.0 Å². The molecule has 0 spiro atoms. The number of aromatic nitrogens is 3. The molecule has 3 aromatic rings. The normalized spacial score (nSPS) is 12.1. The summed E-state index contributed by atoms with van der Waals surface area (Å²) in [6.45, 7) is 1.71. The molecule has 2 heterocycles. The molecule has 0 bridgehead atoms. The lowest BCUT2D eigenvalue weighted by molar-refractivity contribution is -0.115. The molecular weight excluding hydrogens is 385 g/mol. The minimum absolute atomic E-state index is 0.289. The molecule has 1 atom stereocenters. The van der Waals surface area contributed by atoms with E-state index in [1.165, 1.54) is 10.9 Å². The van der Waals surface area contributed by atoms with Gasteiger partial charge in [-0.2, -0.15) is 0 Å². The summed E-state index contributed by atoms with van der Waals surface area (Å²) in [4.78, 5) is 12.4. The van der Waals surface area contributed by atoms with Gasteiger partial charge in [-0.1, -0.05) is 41.0 Å². The van der Waals surface area contributed by atoms with Gasteiger partial charge in [0.1, 0.15) is 0 Å². The first-order valence-corrected chi connectivity index (χ1v) is 8.77. The number of halogens is 2. The first kappa shape index (κ1) is 17.7. The van der Waals surface area contributed by atoms with Crippen LogP contribution in [0.25, 0.3) is 11.6 Å². The molecule has 0 unspecified atom stereocenters. The standard InChI is InChI=1S/C15H13Cl2N5O2S/c1-8(14(23)19-12-9(16)4-2-5-10(12)17)25-15-21-20-13(22(15)18)11-6-3-7-24-11/h2-8H,18H2,1H3,(H,19,23)/t8-/m1/s1. The molecule has 10 heteroatoms. The Hall–Kier alpha value is -2.16. The van der Waals surface area contributed by atoms with E-state index in [1.54, 1.807) is 37.3 Å². The van der Waals surface area contributed by atoms with E-state index in [2.05, 4.69) is 15.5 Å². The number of carbonyl (C=O) groups is 1. The Balaban J connectivity index is 1.72. The number of furan rings is 1. The highest BCUT2D eigenvalue weighted by molar-refractivity contribution is 8.00. The van der Waals surface area contributed by atoms with Crippen molar-refractivity contribution in [1.82, 2.24) is 14.9 Å². The second-order valence-electron chi connectivity index (χ2n) is 5.00. The lowest BCUT2D eigenvalue weighted by Crippen LogP contribution is -2.24. The molecule has 0 radical (unpaired) electrons. The van der Waals surface area contributed by atoms with E-state index in [4.69, 9.17) is 33.5 Å². The van der Waals surface area contributed by atoms with Gasteiger partial charge in [0, 0.05) is 0 Å². The topological polar surface area (TPSA) is 99.0 Å². The van der Waals surface area contributed by atoms with Gasteiger partial charge in [-0.05, 0) is 31.2 Å². The number of hydrogen-bond acceptors (Lipinski definition) is 6. The first-order valence-electron chi connectivity index (χ1n) is 7.13. The fourth-order valence-corrected chi connectivity index (χ4v) is 3.25. The molecule has 0 saturated carbocycles. The van der Waals surface area contributed by atoms with Crippen molar-refractivity contribution in [2.45, 2.75) is 17.3 Å². The second kappa shape index (κ2) is 7.38. The zero-order valence-corrected chi connectivity index (χ0v) is 15.3. The SMILES string of the molecule is C[C@@H](Sc1nnc(-c2ccco2)n1N)C(=O)Nc1c(Cl)cccc1Cl. The van der Waals surface area contributed by atoms with Gasteiger partial charge in [0.25, 0.3) is 0 Å². The molecule has 25 heavy (non-hydrogen) atoms. The van der Waals surface area contributed by atoms with Crippen molar-refractivity contribution in [1.29, 1.82) is 0 Å². The Kier molecular flexibility index (Phi) is 5.22. The average Bonchev–Trinajstić information content (AvgIpc) is 3.21. The molecule has 0 saturated heterocycles. The molecule has 0 aliphatic rings. The summed E-state index contributed by atoms with van der Waals surface area (Å²) in [5.41, 5.74) is 0.369. The van der Waals surface area contributed by atoms with E-state index in [-0.39, 0.29) is 5.91 Å². The Morgan fingerprint density at radius 2 is 2.00 bits per heavy atom. The zero-order chi connectivity index (χ0) is 18.0. The molecule has 130 valence electrons. The Labute approximate surface area is 157 Å². The molecule has 1 aromatic carbocycles. The van der Waals surface area contributed by atoms with Gasteiger partial charge in [-0.25, -0.2) is 4.68 Å². The van der Waals surface area contributed by atoms with Gasteiger partial charge in [0.15, 0.2) is 5.76 Å². The number of nitrogens with one attached hydrogen (secondary N) is 1. The van der Waals surface area contributed by atoms with Crippen LogP contribution >= 0.6 is 35.0 Å². The van der Waals surface area contributed by atoms with Crippen molar-refractivity contribution >= 4 is 46.6 Å². The predicted molar refractivity (Wildman–Crippen MR) is 98.3 cm³/mol. The molecule has 1 amide bonds. The highest BCUT2D eigenvalue weighted by Crippen LogP contribution is 2.31. The van der Waals surface area contributed by atoms with Gasteiger partial charge >= 0.3 is 0 Å². The quantitative estimate of drug-likeness (QED) is 0.503. The van der Waals surface area contributed by atoms with E-state index >= 15 is 0 Å². The number of nitrogens with two attached hydrogens (primary N) is 1. The molecule has 7 nitrogen and oxygen atoms in total. The summed E-state index contributed by atoms with van der Waals surface area (Å²) in [7, 11) is 0. The molecule has 2 aromatic heterocycles. The number of anilines is 1. The maximum Gasteiger partial charge on any atom is 0.237 e. The minimum Gasteiger partial charge on any atom is -0.461 e. The van der Waals surface area contributed by atoms with Crippen LogP contribution in [0.15, 0.2) is 46.2 Å². The largest absolute Gasteiger partial charge is 0.461 e. The fourth-order valence-electron chi connectivity index (χ4n) is 1.98. The maximum absolute atomic E-state index is 12.4. The monoisotopic (exact) mass is 397 g/mol. The van der Waals surface area contributed by atoms with Crippen molar-refractivity contribution in [3.05, 3.63) is 46.6 Å². The summed E-state index contributed by atoms with van der Waals surface area (Å²) in [6.07, 6.45) is 1.51. The van der Waals surface area contributed by atoms with Crippen molar-refractivity contribution in [2.75, 3.05) is 11.2 Å². The fraction of sp³-hybridized carbons (Fsp3) is 0.133. The van der Waals surface area contributed by atoms with Gasteiger partial charge in [0.2, 0.25) is 16.9 Å². The summed E-state index contributed by atoms with van der Waals surface area (Å²) in [6, 6.07) is 8.43.